The molecule has 12 nitrogen and oxygen atoms in total. The van der Waals surface area contributed by atoms with E-state index in [9.17, 15) is 29.4 Å². The van der Waals surface area contributed by atoms with Crippen LogP contribution < -0.4 is 33.2 Å². The number of hydrogen-bond acceptors (Lipinski definition) is 9. The van der Waals surface area contributed by atoms with E-state index in [-0.39, 0.29) is 37.1 Å². The van der Waals surface area contributed by atoms with Crippen LogP contribution in [-0.2, 0) is 19.2 Å². The normalized spacial score (nSPS) is 17.0. The second kappa shape index (κ2) is 14.9. The Morgan fingerprint density at radius 2 is 1.36 bits per heavy atom. The number of ketones is 1. The Bertz CT molecular complexity index is 657. The maximum Gasteiger partial charge on any atom is 0.251 e. The molecule has 0 rings (SSSR count). The van der Waals surface area contributed by atoms with E-state index in [0.717, 1.165) is 0 Å². The highest BCUT2D eigenvalue weighted by atomic mass is 16.3. The van der Waals surface area contributed by atoms with Crippen LogP contribution in [0, 0.1) is 11.8 Å². The molecule has 0 aliphatic rings. The summed E-state index contributed by atoms with van der Waals surface area (Å²) in [4.78, 5) is 50.0. The van der Waals surface area contributed by atoms with Gasteiger partial charge in [0, 0.05) is 18.5 Å². The zero-order chi connectivity index (χ0) is 25.9. The van der Waals surface area contributed by atoms with Crippen molar-refractivity contribution >= 4 is 23.5 Å². The van der Waals surface area contributed by atoms with Crippen molar-refractivity contribution in [1.29, 1.82) is 0 Å². The van der Waals surface area contributed by atoms with Crippen LogP contribution in [0.2, 0.25) is 0 Å². The molecule has 3 amide bonds. The summed E-state index contributed by atoms with van der Waals surface area (Å²) in [6.45, 7) is 8.26. The number of rotatable bonds is 15. The number of amides is 3. The van der Waals surface area contributed by atoms with Gasteiger partial charge in [-0.3, -0.25) is 19.2 Å². The molecule has 0 aromatic rings. The first-order valence-corrected chi connectivity index (χ1v) is 11.2. The van der Waals surface area contributed by atoms with Crippen molar-refractivity contribution in [3.05, 3.63) is 0 Å². The highest BCUT2D eigenvalue weighted by Gasteiger charge is 2.33. The van der Waals surface area contributed by atoms with Gasteiger partial charge in [-0.1, -0.05) is 27.7 Å². The SMILES string of the molecule is CC(C)C[C@H](N)[C@H](O)C(=O)N[C@@H](CCN)C(=O)N[C@H](C(=O)N[C@@H](CN)C(=O)C(C)C)C(C)O. The quantitative estimate of drug-likeness (QED) is 0.122. The topological polar surface area (TPSA) is 223 Å². The lowest BCUT2D eigenvalue weighted by molar-refractivity contribution is -0.137. The zero-order valence-corrected chi connectivity index (χ0v) is 20.2. The van der Waals surface area contributed by atoms with Crippen molar-refractivity contribution in [1.82, 2.24) is 16.0 Å². The molecule has 0 saturated carbocycles. The molecule has 0 heterocycles. The molecule has 6 atom stereocenters. The van der Waals surface area contributed by atoms with Crippen molar-refractivity contribution < 1.29 is 29.4 Å². The summed E-state index contributed by atoms with van der Waals surface area (Å²) in [5, 5.41) is 27.4. The molecule has 0 aromatic heterocycles. The maximum atomic E-state index is 12.8. The lowest BCUT2D eigenvalue weighted by Crippen LogP contribution is -2.61. The van der Waals surface area contributed by atoms with Crippen molar-refractivity contribution in [3.8, 4) is 0 Å². The fourth-order valence-corrected chi connectivity index (χ4v) is 3.13. The minimum atomic E-state index is -1.54. The lowest BCUT2D eigenvalue weighted by atomic mass is 9.99. The molecule has 0 aliphatic carbocycles. The molecular formula is C21H42N6O6. The molecule has 1 unspecified atom stereocenters. The van der Waals surface area contributed by atoms with Gasteiger partial charge in [-0.25, -0.2) is 0 Å². The number of carbonyl (C=O) groups is 4. The molecule has 0 aliphatic heterocycles. The van der Waals surface area contributed by atoms with Gasteiger partial charge in [0.05, 0.1) is 12.1 Å². The van der Waals surface area contributed by atoms with Crippen LogP contribution in [0.25, 0.3) is 0 Å². The Morgan fingerprint density at radius 1 is 0.818 bits per heavy atom. The lowest BCUT2D eigenvalue weighted by Gasteiger charge is -2.27. The van der Waals surface area contributed by atoms with E-state index in [1.54, 1.807) is 13.8 Å². The van der Waals surface area contributed by atoms with E-state index in [1.165, 1.54) is 6.92 Å². The summed E-state index contributed by atoms with van der Waals surface area (Å²) >= 11 is 0. The Balaban J connectivity index is 5.35. The second-order valence-electron chi connectivity index (χ2n) is 8.96. The number of aliphatic hydroxyl groups is 2. The molecule has 0 spiro atoms. The summed E-state index contributed by atoms with van der Waals surface area (Å²) in [5.41, 5.74) is 17.0. The minimum absolute atomic E-state index is 0.00905. The number of Topliss-reactive ketones (excluding diaryl/α,β-unsaturated/α-hetero) is 1. The smallest absolute Gasteiger partial charge is 0.251 e. The summed E-state index contributed by atoms with van der Waals surface area (Å²) < 4.78 is 0. The van der Waals surface area contributed by atoms with Gasteiger partial charge in [0.15, 0.2) is 5.78 Å². The van der Waals surface area contributed by atoms with Gasteiger partial charge in [-0.15, -0.1) is 0 Å². The second-order valence-corrected chi connectivity index (χ2v) is 8.96. The fourth-order valence-electron chi connectivity index (χ4n) is 3.13. The fraction of sp³-hybridized carbons (Fsp3) is 0.810. The third-order valence-electron chi connectivity index (χ3n) is 5.03. The third-order valence-corrected chi connectivity index (χ3v) is 5.03. The van der Waals surface area contributed by atoms with Crippen LogP contribution in [-0.4, -0.2) is 83.2 Å². The molecule has 0 fully saturated rings. The molecule has 0 aromatic carbocycles. The van der Waals surface area contributed by atoms with E-state index in [2.05, 4.69) is 16.0 Å². The first-order valence-electron chi connectivity index (χ1n) is 11.2. The number of nitrogens with two attached hydrogens (primary N) is 3. The van der Waals surface area contributed by atoms with E-state index >= 15 is 0 Å². The predicted molar refractivity (Wildman–Crippen MR) is 123 cm³/mol. The first kappa shape index (κ1) is 30.9. The van der Waals surface area contributed by atoms with Crippen LogP contribution in [0.4, 0.5) is 0 Å². The Hall–Kier alpha value is -2.12. The molecule has 192 valence electrons. The number of carbonyl (C=O) groups excluding carboxylic acids is 4. The molecular weight excluding hydrogens is 432 g/mol. The predicted octanol–water partition coefficient (Wildman–Crippen LogP) is -2.91. The minimum Gasteiger partial charge on any atom is -0.391 e. The van der Waals surface area contributed by atoms with Gasteiger partial charge >= 0.3 is 0 Å². The van der Waals surface area contributed by atoms with Crippen molar-refractivity contribution in [3.63, 3.8) is 0 Å². The van der Waals surface area contributed by atoms with Crippen molar-refractivity contribution in [2.24, 2.45) is 29.0 Å². The van der Waals surface area contributed by atoms with Crippen LogP contribution in [0.3, 0.4) is 0 Å². The van der Waals surface area contributed by atoms with Gasteiger partial charge < -0.3 is 43.4 Å². The summed E-state index contributed by atoms with van der Waals surface area (Å²) in [5.74, 6) is -2.97. The number of nitrogens with one attached hydrogen (secondary N) is 3. The Morgan fingerprint density at radius 3 is 1.79 bits per heavy atom. The largest absolute Gasteiger partial charge is 0.391 e. The van der Waals surface area contributed by atoms with Crippen molar-refractivity contribution in [2.75, 3.05) is 13.1 Å². The van der Waals surface area contributed by atoms with Crippen LogP contribution in [0.1, 0.15) is 47.5 Å². The van der Waals surface area contributed by atoms with E-state index < -0.39 is 54.1 Å². The van der Waals surface area contributed by atoms with Crippen molar-refractivity contribution in [2.45, 2.75) is 83.8 Å². The highest BCUT2D eigenvalue weighted by Crippen LogP contribution is 2.07. The molecule has 0 saturated heterocycles. The molecule has 12 heteroatoms. The molecule has 0 radical (unpaired) electrons. The van der Waals surface area contributed by atoms with Crippen LogP contribution in [0.5, 0.6) is 0 Å². The molecule has 11 N–H and O–H groups in total. The van der Waals surface area contributed by atoms with Gasteiger partial charge in [0.25, 0.3) is 5.91 Å². The summed E-state index contributed by atoms with van der Waals surface area (Å²) in [6.07, 6.45) is -2.46. The maximum absolute atomic E-state index is 12.8. The standard InChI is InChI=1S/C21H42N6O6/c1-10(2)8-13(24)18(30)21(33)25-14(6-7-22)19(31)27-16(12(5)28)20(32)26-15(9-23)17(29)11(3)4/h10-16,18,28,30H,6-9,22-24H2,1-5H3,(H,25,33)(H,26,32)(H,27,31)/t12?,13-,14-,15-,16-,18-/m0/s1. The van der Waals surface area contributed by atoms with E-state index in [1.807, 2.05) is 13.8 Å². The van der Waals surface area contributed by atoms with Gasteiger partial charge in [0.2, 0.25) is 11.8 Å². The van der Waals surface area contributed by atoms with Crippen LogP contribution in [0.15, 0.2) is 0 Å². The molecule has 0 bridgehead atoms. The summed E-state index contributed by atoms with van der Waals surface area (Å²) in [6, 6.07) is -4.40. The molecule has 33 heavy (non-hydrogen) atoms. The third kappa shape index (κ3) is 10.6. The monoisotopic (exact) mass is 474 g/mol. The van der Waals surface area contributed by atoms with Crippen LogP contribution >= 0.6 is 0 Å². The average molecular weight is 475 g/mol. The van der Waals surface area contributed by atoms with E-state index in [0.29, 0.717) is 6.42 Å². The Kier molecular flexibility index (Phi) is 14.0. The van der Waals surface area contributed by atoms with Gasteiger partial charge in [-0.2, -0.15) is 0 Å². The zero-order valence-electron chi connectivity index (χ0n) is 20.2. The average Bonchev–Trinajstić information content (AvgIpc) is 2.72. The highest BCUT2D eigenvalue weighted by molar-refractivity contribution is 5.95. The van der Waals surface area contributed by atoms with E-state index in [4.69, 9.17) is 17.2 Å². The van der Waals surface area contributed by atoms with Gasteiger partial charge in [0.1, 0.15) is 18.2 Å². The Labute approximate surface area is 195 Å². The van der Waals surface area contributed by atoms with Gasteiger partial charge in [-0.05, 0) is 32.2 Å². The number of aliphatic hydroxyl groups excluding tert-OH is 2. The summed E-state index contributed by atoms with van der Waals surface area (Å²) in [7, 11) is 0. The number of hydrogen-bond donors (Lipinski definition) is 8. The first-order chi connectivity index (χ1) is 15.3.